The minimum atomic E-state index is -0.109. The summed E-state index contributed by atoms with van der Waals surface area (Å²) in [5.74, 6) is 0.600. The van der Waals surface area contributed by atoms with E-state index in [0.717, 1.165) is 28.6 Å². The van der Waals surface area contributed by atoms with Crippen molar-refractivity contribution in [1.82, 2.24) is 9.97 Å². The van der Waals surface area contributed by atoms with Crippen molar-refractivity contribution >= 4 is 32.6 Å². The van der Waals surface area contributed by atoms with Gasteiger partial charge in [0.05, 0.1) is 23.4 Å². The molecule has 0 aliphatic heterocycles. The Morgan fingerprint density at radius 2 is 1.94 bits per heavy atom. The van der Waals surface area contributed by atoms with Crippen LogP contribution in [0.5, 0.6) is 5.75 Å². The zero-order valence-electron chi connectivity index (χ0n) is 18.7. The Balaban J connectivity index is 1.70. The summed E-state index contributed by atoms with van der Waals surface area (Å²) in [5.41, 5.74) is 4.84. The molecule has 2 aromatic heterocycles. The van der Waals surface area contributed by atoms with Crippen LogP contribution in [0, 0.1) is 13.8 Å². The van der Waals surface area contributed by atoms with Gasteiger partial charge in [-0.3, -0.25) is 14.7 Å². The van der Waals surface area contributed by atoms with Crippen molar-refractivity contribution in [3.05, 3.63) is 83.2 Å². The predicted molar refractivity (Wildman–Crippen MR) is 131 cm³/mol. The normalized spacial score (nSPS) is 11.0. The Morgan fingerprint density at radius 3 is 2.72 bits per heavy atom. The van der Waals surface area contributed by atoms with Gasteiger partial charge in [0.1, 0.15) is 5.75 Å². The van der Waals surface area contributed by atoms with Crippen LogP contribution in [0.15, 0.2) is 60.9 Å². The van der Waals surface area contributed by atoms with E-state index in [1.807, 2.05) is 36.4 Å². The van der Waals surface area contributed by atoms with E-state index < -0.39 is 0 Å². The second-order valence-corrected chi connectivity index (χ2v) is 8.89. The summed E-state index contributed by atoms with van der Waals surface area (Å²) in [6.07, 6.45) is 5.56. The van der Waals surface area contributed by atoms with Gasteiger partial charge >= 0.3 is 0 Å². The summed E-state index contributed by atoms with van der Waals surface area (Å²) in [6, 6.07) is 15.5. The van der Waals surface area contributed by atoms with Crippen LogP contribution in [-0.4, -0.2) is 22.5 Å². The molecule has 0 N–H and O–H groups in total. The number of aromatic nitrogens is 2. The second-order valence-electron chi connectivity index (χ2n) is 7.88. The third-order valence-electron chi connectivity index (χ3n) is 5.38. The molecule has 164 valence electrons. The molecule has 4 rings (SSSR count). The molecular formula is C26H27N3O2S. The smallest absolute Gasteiger partial charge is 0.260 e. The monoisotopic (exact) mass is 445 g/mol. The number of amides is 1. The van der Waals surface area contributed by atoms with E-state index in [-0.39, 0.29) is 5.91 Å². The molecule has 0 saturated heterocycles. The zero-order valence-corrected chi connectivity index (χ0v) is 19.5. The van der Waals surface area contributed by atoms with Gasteiger partial charge in [0.2, 0.25) is 0 Å². The maximum atomic E-state index is 13.7. The maximum Gasteiger partial charge on any atom is 0.260 e. The quantitative estimate of drug-likeness (QED) is 0.297. The van der Waals surface area contributed by atoms with E-state index >= 15 is 0 Å². The van der Waals surface area contributed by atoms with Crippen molar-refractivity contribution in [1.29, 1.82) is 0 Å². The Labute approximate surface area is 192 Å². The molecule has 0 aliphatic rings. The van der Waals surface area contributed by atoms with Gasteiger partial charge in [-0.2, -0.15) is 0 Å². The number of benzene rings is 2. The molecule has 0 atom stereocenters. The predicted octanol–water partition coefficient (Wildman–Crippen LogP) is 6.33. The molecule has 0 saturated carbocycles. The number of hydrogen-bond acceptors (Lipinski definition) is 5. The standard InChI is InChI=1S/C26H27N3O2S/c1-4-5-12-31-22-10-6-9-21(15-22)25(30)29(17-20-8-7-11-27-16-20)26-28-23-13-18(2)19(3)14-24(23)32-26/h6-11,13-16H,4-5,12,17H2,1-3H3. The highest BCUT2D eigenvalue weighted by atomic mass is 32.1. The molecule has 32 heavy (non-hydrogen) atoms. The molecule has 6 heteroatoms. The number of thiazole rings is 1. The topological polar surface area (TPSA) is 55.3 Å². The minimum Gasteiger partial charge on any atom is -0.494 e. The fraction of sp³-hybridized carbons (Fsp3) is 0.269. The SMILES string of the molecule is CCCCOc1cccc(C(=O)N(Cc2cccnc2)c2nc3cc(C)c(C)cc3s2)c1. The Kier molecular flexibility index (Phi) is 6.81. The fourth-order valence-electron chi connectivity index (χ4n) is 3.39. The number of hydrogen-bond donors (Lipinski definition) is 0. The molecule has 5 nitrogen and oxygen atoms in total. The number of aryl methyl sites for hydroxylation is 2. The lowest BCUT2D eigenvalue weighted by Crippen LogP contribution is -2.30. The van der Waals surface area contributed by atoms with Gasteiger partial charge in [-0.15, -0.1) is 0 Å². The number of carbonyl (C=O) groups is 1. The third-order valence-corrected chi connectivity index (χ3v) is 6.42. The van der Waals surface area contributed by atoms with Crippen molar-refractivity contribution in [2.75, 3.05) is 11.5 Å². The molecule has 2 heterocycles. The van der Waals surface area contributed by atoms with Crippen LogP contribution in [0.25, 0.3) is 10.2 Å². The Hall–Kier alpha value is -3.25. The molecule has 0 fully saturated rings. The van der Waals surface area contributed by atoms with Crippen LogP contribution in [0.2, 0.25) is 0 Å². The van der Waals surface area contributed by atoms with Crippen LogP contribution in [0.3, 0.4) is 0 Å². The summed E-state index contributed by atoms with van der Waals surface area (Å²) >= 11 is 1.53. The van der Waals surface area contributed by atoms with E-state index in [1.54, 1.807) is 17.3 Å². The van der Waals surface area contributed by atoms with E-state index in [1.165, 1.54) is 22.5 Å². The average Bonchev–Trinajstić information content (AvgIpc) is 3.20. The molecule has 1 amide bonds. The van der Waals surface area contributed by atoms with Gasteiger partial charge in [0.25, 0.3) is 5.91 Å². The molecule has 0 unspecified atom stereocenters. The van der Waals surface area contributed by atoms with Crippen LogP contribution < -0.4 is 9.64 Å². The van der Waals surface area contributed by atoms with Gasteiger partial charge in [0.15, 0.2) is 5.13 Å². The molecule has 4 aromatic rings. The van der Waals surface area contributed by atoms with Crippen molar-refractivity contribution < 1.29 is 9.53 Å². The van der Waals surface area contributed by atoms with Gasteiger partial charge in [0, 0.05) is 18.0 Å². The second kappa shape index (κ2) is 9.92. The lowest BCUT2D eigenvalue weighted by atomic mass is 10.1. The van der Waals surface area contributed by atoms with Gasteiger partial charge in [-0.25, -0.2) is 4.98 Å². The fourth-order valence-corrected chi connectivity index (χ4v) is 4.44. The van der Waals surface area contributed by atoms with Crippen LogP contribution in [0.4, 0.5) is 5.13 Å². The molecule has 0 spiro atoms. The van der Waals surface area contributed by atoms with Crippen LogP contribution >= 0.6 is 11.3 Å². The average molecular weight is 446 g/mol. The van der Waals surface area contributed by atoms with Crippen molar-refractivity contribution in [2.24, 2.45) is 0 Å². The van der Waals surface area contributed by atoms with E-state index in [9.17, 15) is 4.79 Å². The van der Waals surface area contributed by atoms with Crippen molar-refractivity contribution in [3.63, 3.8) is 0 Å². The summed E-state index contributed by atoms with van der Waals surface area (Å²) < 4.78 is 6.89. The number of rotatable bonds is 8. The maximum absolute atomic E-state index is 13.7. The highest BCUT2D eigenvalue weighted by molar-refractivity contribution is 7.22. The highest BCUT2D eigenvalue weighted by Crippen LogP contribution is 2.32. The van der Waals surface area contributed by atoms with Crippen molar-refractivity contribution in [3.8, 4) is 5.75 Å². The molecular weight excluding hydrogens is 418 g/mol. The zero-order chi connectivity index (χ0) is 22.5. The largest absolute Gasteiger partial charge is 0.494 e. The van der Waals surface area contributed by atoms with E-state index in [0.29, 0.717) is 29.6 Å². The van der Waals surface area contributed by atoms with E-state index in [2.05, 4.69) is 37.9 Å². The number of pyridine rings is 1. The molecule has 0 bridgehead atoms. The number of carbonyl (C=O) groups excluding carboxylic acids is 1. The number of anilines is 1. The minimum absolute atomic E-state index is 0.109. The van der Waals surface area contributed by atoms with Crippen LogP contribution in [0.1, 0.15) is 46.8 Å². The van der Waals surface area contributed by atoms with Gasteiger partial charge < -0.3 is 4.74 Å². The number of ether oxygens (including phenoxy) is 1. The Morgan fingerprint density at radius 1 is 1.09 bits per heavy atom. The van der Waals surface area contributed by atoms with Crippen LogP contribution in [-0.2, 0) is 6.54 Å². The van der Waals surface area contributed by atoms with Gasteiger partial charge in [-0.05, 0) is 73.4 Å². The molecule has 2 aromatic carbocycles. The van der Waals surface area contributed by atoms with Crippen molar-refractivity contribution in [2.45, 2.75) is 40.2 Å². The lowest BCUT2D eigenvalue weighted by molar-refractivity contribution is 0.0984. The number of unbranched alkanes of at least 4 members (excludes halogenated alkanes) is 1. The molecule has 0 aliphatic carbocycles. The number of fused-ring (bicyclic) bond motifs is 1. The lowest BCUT2D eigenvalue weighted by Gasteiger charge is -2.20. The summed E-state index contributed by atoms with van der Waals surface area (Å²) in [4.78, 5) is 24.4. The first-order chi connectivity index (χ1) is 15.5. The molecule has 0 radical (unpaired) electrons. The first-order valence-corrected chi connectivity index (χ1v) is 11.7. The number of nitrogens with zero attached hydrogens (tertiary/aromatic N) is 3. The Bertz CT molecular complexity index is 1180. The highest BCUT2D eigenvalue weighted by Gasteiger charge is 2.22. The van der Waals surface area contributed by atoms with E-state index in [4.69, 9.17) is 9.72 Å². The summed E-state index contributed by atoms with van der Waals surface area (Å²) in [5, 5.41) is 0.677. The third kappa shape index (κ3) is 4.97. The summed E-state index contributed by atoms with van der Waals surface area (Å²) in [7, 11) is 0. The summed E-state index contributed by atoms with van der Waals surface area (Å²) in [6.45, 7) is 7.34. The van der Waals surface area contributed by atoms with Gasteiger partial charge in [-0.1, -0.05) is 36.8 Å². The first kappa shape index (κ1) is 22.0. The first-order valence-electron chi connectivity index (χ1n) is 10.9.